The summed E-state index contributed by atoms with van der Waals surface area (Å²) in [6.07, 6.45) is 7.95. The third-order valence-electron chi connectivity index (χ3n) is 4.30. The first-order valence-electron chi connectivity index (χ1n) is 7.47. The lowest BCUT2D eigenvalue weighted by molar-refractivity contribution is -0.152. The molecule has 1 aliphatic heterocycles. The molecule has 1 aromatic heterocycles. The highest BCUT2D eigenvalue weighted by Gasteiger charge is 2.46. The highest BCUT2D eigenvalue weighted by molar-refractivity contribution is 5.98. The Bertz CT molecular complexity index is 549. The maximum Gasteiger partial charge on any atom is 0.249 e. The van der Waals surface area contributed by atoms with Crippen molar-refractivity contribution in [1.82, 2.24) is 20.2 Å². The molecule has 0 unspecified atom stereocenters. The van der Waals surface area contributed by atoms with Crippen molar-refractivity contribution in [2.75, 3.05) is 6.54 Å². The van der Waals surface area contributed by atoms with Crippen LogP contribution < -0.4 is 5.32 Å². The van der Waals surface area contributed by atoms with Crippen LogP contribution >= 0.6 is 0 Å². The van der Waals surface area contributed by atoms with Crippen molar-refractivity contribution in [3.05, 3.63) is 23.8 Å². The lowest BCUT2D eigenvalue weighted by Gasteiger charge is -2.44. The molecule has 6 heteroatoms. The van der Waals surface area contributed by atoms with Crippen molar-refractivity contribution in [3.63, 3.8) is 0 Å². The number of carbonyl (C=O) groups excluding carboxylic acids is 2. The second kappa shape index (κ2) is 5.42. The average Bonchev–Trinajstić information content (AvgIpc) is 2.48. The fourth-order valence-electron chi connectivity index (χ4n) is 3.23. The molecular formula is C15H20N4O2. The van der Waals surface area contributed by atoms with Crippen molar-refractivity contribution in [1.29, 1.82) is 0 Å². The van der Waals surface area contributed by atoms with Gasteiger partial charge in [0, 0.05) is 6.20 Å². The Hall–Kier alpha value is -1.98. The minimum absolute atomic E-state index is 0.0316. The zero-order valence-electron chi connectivity index (χ0n) is 12.3. The van der Waals surface area contributed by atoms with Crippen molar-refractivity contribution < 1.29 is 9.59 Å². The number of hydrogen-bond acceptors (Lipinski definition) is 4. The number of carbonyl (C=O) groups is 2. The molecule has 0 radical (unpaired) electrons. The van der Waals surface area contributed by atoms with Gasteiger partial charge in [-0.15, -0.1) is 0 Å². The van der Waals surface area contributed by atoms with Gasteiger partial charge in [0.25, 0.3) is 0 Å². The molecule has 1 aromatic rings. The first kappa shape index (κ1) is 14.0. The Morgan fingerprint density at radius 2 is 1.95 bits per heavy atom. The molecule has 2 heterocycles. The van der Waals surface area contributed by atoms with Gasteiger partial charge < -0.3 is 10.2 Å². The average molecular weight is 288 g/mol. The number of nitrogens with one attached hydrogen (secondary N) is 1. The molecule has 3 rings (SSSR count). The maximum atomic E-state index is 12.8. The molecule has 1 aliphatic carbocycles. The van der Waals surface area contributed by atoms with Crippen LogP contribution in [0.15, 0.2) is 12.4 Å². The zero-order valence-corrected chi connectivity index (χ0v) is 12.3. The van der Waals surface area contributed by atoms with Crippen LogP contribution in [-0.4, -0.2) is 38.8 Å². The summed E-state index contributed by atoms with van der Waals surface area (Å²) in [7, 11) is 0. The summed E-state index contributed by atoms with van der Waals surface area (Å²) in [5.41, 5.74) is 0.881. The Kier molecular flexibility index (Phi) is 3.61. The molecule has 1 spiro atoms. The Morgan fingerprint density at radius 1 is 1.19 bits per heavy atom. The third kappa shape index (κ3) is 2.75. The number of aromatic nitrogens is 2. The van der Waals surface area contributed by atoms with E-state index in [9.17, 15) is 9.59 Å². The minimum Gasteiger partial charge on any atom is -0.340 e. The fourth-order valence-corrected chi connectivity index (χ4v) is 3.23. The van der Waals surface area contributed by atoms with Gasteiger partial charge in [0.15, 0.2) is 0 Å². The van der Waals surface area contributed by atoms with Gasteiger partial charge in [0.05, 0.1) is 24.1 Å². The summed E-state index contributed by atoms with van der Waals surface area (Å²) < 4.78 is 0. The summed E-state index contributed by atoms with van der Waals surface area (Å²) in [5, 5.41) is 2.94. The molecular weight excluding hydrogens is 268 g/mol. The topological polar surface area (TPSA) is 75.2 Å². The minimum atomic E-state index is -0.675. The normalized spacial score (nSPS) is 21.5. The predicted molar refractivity (Wildman–Crippen MR) is 76.1 cm³/mol. The van der Waals surface area contributed by atoms with Crippen LogP contribution in [0.5, 0.6) is 0 Å². The molecule has 2 fully saturated rings. The summed E-state index contributed by atoms with van der Waals surface area (Å²) in [6.45, 7) is 2.32. The van der Waals surface area contributed by atoms with Gasteiger partial charge in [0.2, 0.25) is 11.8 Å². The zero-order chi connectivity index (χ0) is 14.9. The molecule has 1 saturated heterocycles. The predicted octanol–water partition coefficient (Wildman–Crippen LogP) is 0.946. The van der Waals surface area contributed by atoms with E-state index in [1.54, 1.807) is 17.3 Å². The van der Waals surface area contributed by atoms with Crippen LogP contribution in [0.1, 0.15) is 43.5 Å². The quantitative estimate of drug-likeness (QED) is 0.879. The summed E-state index contributed by atoms with van der Waals surface area (Å²) in [4.78, 5) is 34.9. The Morgan fingerprint density at radius 3 is 2.62 bits per heavy atom. The molecule has 0 aromatic carbocycles. The molecule has 1 N–H and O–H groups in total. The van der Waals surface area contributed by atoms with E-state index in [-0.39, 0.29) is 18.4 Å². The highest BCUT2D eigenvalue weighted by Crippen LogP contribution is 2.32. The molecule has 1 saturated carbocycles. The van der Waals surface area contributed by atoms with Gasteiger partial charge in [-0.1, -0.05) is 19.3 Å². The van der Waals surface area contributed by atoms with Crippen LogP contribution in [0.25, 0.3) is 0 Å². The molecule has 2 aliphatic rings. The molecule has 0 bridgehead atoms. The van der Waals surface area contributed by atoms with Crippen molar-refractivity contribution in [2.45, 2.75) is 51.1 Å². The Labute approximate surface area is 124 Å². The monoisotopic (exact) mass is 288 g/mol. The SMILES string of the molecule is Cc1cnc(CN2CC(=O)NC3(CCCCC3)C2=O)cn1. The molecule has 112 valence electrons. The largest absolute Gasteiger partial charge is 0.340 e. The van der Waals surface area contributed by atoms with E-state index in [4.69, 9.17) is 0 Å². The number of piperazine rings is 1. The van der Waals surface area contributed by atoms with E-state index in [1.807, 2.05) is 6.92 Å². The van der Waals surface area contributed by atoms with Crippen LogP contribution in [0, 0.1) is 6.92 Å². The number of nitrogens with zero attached hydrogens (tertiary/aromatic N) is 3. The van der Waals surface area contributed by atoms with E-state index in [1.165, 1.54) is 0 Å². The second-order valence-electron chi connectivity index (χ2n) is 6.00. The van der Waals surface area contributed by atoms with Crippen LogP contribution in [0.4, 0.5) is 0 Å². The Balaban J connectivity index is 1.79. The van der Waals surface area contributed by atoms with Crippen molar-refractivity contribution >= 4 is 11.8 Å². The van der Waals surface area contributed by atoms with E-state index in [2.05, 4.69) is 15.3 Å². The first-order chi connectivity index (χ1) is 10.1. The first-order valence-corrected chi connectivity index (χ1v) is 7.47. The summed E-state index contributed by atoms with van der Waals surface area (Å²) in [6, 6.07) is 0. The highest BCUT2D eigenvalue weighted by atomic mass is 16.2. The lowest BCUT2D eigenvalue weighted by atomic mass is 9.79. The molecule has 21 heavy (non-hydrogen) atoms. The second-order valence-corrected chi connectivity index (χ2v) is 6.00. The van der Waals surface area contributed by atoms with Gasteiger partial charge in [-0.05, 0) is 19.8 Å². The lowest BCUT2D eigenvalue weighted by Crippen LogP contribution is -2.66. The number of amides is 2. The van der Waals surface area contributed by atoms with Crippen LogP contribution in [0.3, 0.4) is 0 Å². The molecule has 0 atom stereocenters. The third-order valence-corrected chi connectivity index (χ3v) is 4.30. The number of rotatable bonds is 2. The number of aryl methyl sites for hydroxylation is 1. The maximum absolute atomic E-state index is 12.8. The van der Waals surface area contributed by atoms with Gasteiger partial charge in [0.1, 0.15) is 12.1 Å². The summed E-state index contributed by atoms with van der Waals surface area (Å²) in [5.74, 6) is -0.0410. The van der Waals surface area contributed by atoms with Gasteiger partial charge in [-0.25, -0.2) is 0 Å². The smallest absolute Gasteiger partial charge is 0.249 e. The van der Waals surface area contributed by atoms with Gasteiger partial charge in [-0.2, -0.15) is 0 Å². The fraction of sp³-hybridized carbons (Fsp3) is 0.600. The van der Waals surface area contributed by atoms with Gasteiger partial charge >= 0.3 is 0 Å². The van der Waals surface area contributed by atoms with Gasteiger partial charge in [-0.3, -0.25) is 19.6 Å². The van der Waals surface area contributed by atoms with E-state index >= 15 is 0 Å². The van der Waals surface area contributed by atoms with Crippen molar-refractivity contribution in [2.24, 2.45) is 0 Å². The van der Waals surface area contributed by atoms with Crippen molar-refractivity contribution in [3.8, 4) is 0 Å². The van der Waals surface area contributed by atoms with Crippen LogP contribution in [0.2, 0.25) is 0 Å². The number of hydrogen-bond donors (Lipinski definition) is 1. The summed E-state index contributed by atoms with van der Waals surface area (Å²) >= 11 is 0. The van der Waals surface area contributed by atoms with E-state index in [0.717, 1.165) is 43.5 Å². The van der Waals surface area contributed by atoms with Crippen LogP contribution in [-0.2, 0) is 16.1 Å². The molecule has 2 amide bonds. The van der Waals surface area contributed by atoms with E-state index < -0.39 is 5.54 Å². The van der Waals surface area contributed by atoms with E-state index in [0.29, 0.717) is 6.54 Å². The standard InChI is InChI=1S/C15H20N4O2/c1-11-7-17-12(8-16-11)9-19-10-13(20)18-15(14(19)21)5-3-2-4-6-15/h7-8H,2-6,9-10H2,1H3,(H,18,20). The molecule has 6 nitrogen and oxygen atoms in total.